The van der Waals surface area contributed by atoms with Gasteiger partial charge >= 0.3 is 0 Å². The number of aromatic hydroxyl groups is 1. The number of anilines is 1. The summed E-state index contributed by atoms with van der Waals surface area (Å²) in [5.41, 5.74) is 2.35. The van der Waals surface area contributed by atoms with Gasteiger partial charge in [0, 0.05) is 52.9 Å². The maximum absolute atomic E-state index is 10.1. The Morgan fingerprint density at radius 3 is 2.48 bits per heavy atom. The Labute approximate surface area is 186 Å². The molecule has 2 N–H and O–H groups in total. The molecule has 0 spiro atoms. The predicted molar refractivity (Wildman–Crippen MR) is 128 cm³/mol. The third-order valence-corrected chi connectivity index (χ3v) is 6.49. The van der Waals surface area contributed by atoms with E-state index in [1.807, 2.05) is 25.2 Å². The second-order valence-corrected chi connectivity index (χ2v) is 8.58. The number of hydrogen-bond acceptors (Lipinski definition) is 4. The van der Waals surface area contributed by atoms with Gasteiger partial charge in [-0.1, -0.05) is 42.5 Å². The third kappa shape index (κ3) is 5.70. The largest absolute Gasteiger partial charge is 0.506 e. The van der Waals surface area contributed by atoms with Crippen molar-refractivity contribution >= 4 is 11.6 Å². The van der Waals surface area contributed by atoms with Gasteiger partial charge in [0.1, 0.15) is 5.75 Å². The van der Waals surface area contributed by atoms with E-state index in [0.717, 1.165) is 63.9 Å². The van der Waals surface area contributed by atoms with Gasteiger partial charge in [-0.25, -0.2) is 0 Å². The molecule has 0 aliphatic carbocycles. The molecule has 31 heavy (non-hydrogen) atoms. The van der Waals surface area contributed by atoms with Crippen LogP contribution in [0.5, 0.6) is 5.75 Å². The van der Waals surface area contributed by atoms with E-state index in [4.69, 9.17) is 0 Å². The lowest BCUT2D eigenvalue weighted by atomic mass is 10.1. The van der Waals surface area contributed by atoms with Crippen LogP contribution in [0.2, 0.25) is 0 Å². The molecule has 4 rings (SSSR count). The molecule has 1 atom stereocenters. The molecule has 2 fully saturated rings. The number of benzene rings is 2. The fraction of sp³-hybridized carbons (Fsp3) is 0.480. The van der Waals surface area contributed by atoms with Crippen LogP contribution in [0.4, 0.5) is 5.69 Å². The van der Waals surface area contributed by atoms with Gasteiger partial charge in [0.2, 0.25) is 0 Å². The lowest BCUT2D eigenvalue weighted by molar-refractivity contribution is 0.325. The van der Waals surface area contributed by atoms with E-state index in [-0.39, 0.29) is 0 Å². The Morgan fingerprint density at radius 1 is 1.00 bits per heavy atom. The van der Waals surface area contributed by atoms with Crippen LogP contribution in [0.3, 0.4) is 0 Å². The summed E-state index contributed by atoms with van der Waals surface area (Å²) in [6.07, 6.45) is 2.38. The number of guanidine groups is 1. The Kier molecular flexibility index (Phi) is 7.30. The molecule has 2 aliphatic rings. The molecular weight excluding hydrogens is 386 g/mol. The van der Waals surface area contributed by atoms with Crippen LogP contribution in [0.1, 0.15) is 12.0 Å². The van der Waals surface area contributed by atoms with E-state index in [1.54, 1.807) is 6.07 Å². The van der Waals surface area contributed by atoms with Crippen molar-refractivity contribution in [2.75, 3.05) is 64.3 Å². The highest BCUT2D eigenvalue weighted by Gasteiger charge is 2.25. The van der Waals surface area contributed by atoms with Gasteiger partial charge in [-0.3, -0.25) is 4.99 Å². The second kappa shape index (κ2) is 10.5. The summed E-state index contributed by atoms with van der Waals surface area (Å²) in [7, 11) is 1.87. The first kappa shape index (κ1) is 21.5. The van der Waals surface area contributed by atoms with E-state index in [1.165, 1.54) is 18.5 Å². The number of nitrogens with zero attached hydrogens (tertiary/aromatic N) is 4. The number of likely N-dealkylation sites (tertiary alicyclic amines) is 1. The first-order valence-corrected chi connectivity index (χ1v) is 11.5. The van der Waals surface area contributed by atoms with Crippen molar-refractivity contribution in [2.45, 2.75) is 12.8 Å². The van der Waals surface area contributed by atoms with Crippen molar-refractivity contribution < 1.29 is 5.11 Å². The molecule has 166 valence electrons. The standard InChI is InChI=1S/C25H35N5O/c1-26-25(30-17-15-29(16-18-30)23-9-5-6-10-24(23)31)27-19-22-12-14-28(20-22)13-11-21-7-3-2-4-8-21/h2-10,22,31H,11-20H2,1H3,(H,26,27). The molecule has 0 amide bonds. The summed E-state index contributed by atoms with van der Waals surface area (Å²) >= 11 is 0. The highest BCUT2D eigenvalue weighted by molar-refractivity contribution is 5.80. The molecule has 2 aromatic carbocycles. The molecule has 2 heterocycles. The van der Waals surface area contributed by atoms with Crippen LogP contribution in [0.15, 0.2) is 59.6 Å². The summed E-state index contributed by atoms with van der Waals surface area (Å²) < 4.78 is 0. The minimum Gasteiger partial charge on any atom is -0.506 e. The second-order valence-electron chi connectivity index (χ2n) is 8.58. The highest BCUT2D eigenvalue weighted by atomic mass is 16.3. The zero-order valence-corrected chi connectivity index (χ0v) is 18.6. The minimum atomic E-state index is 0.358. The maximum Gasteiger partial charge on any atom is 0.193 e. The Bertz CT molecular complexity index is 848. The smallest absolute Gasteiger partial charge is 0.193 e. The molecule has 2 aromatic rings. The van der Waals surface area contributed by atoms with Crippen LogP contribution in [0.25, 0.3) is 0 Å². The van der Waals surface area contributed by atoms with Gasteiger partial charge in [0.25, 0.3) is 0 Å². The topological polar surface area (TPSA) is 54.3 Å². The van der Waals surface area contributed by atoms with Gasteiger partial charge in [0.15, 0.2) is 5.96 Å². The molecule has 6 nitrogen and oxygen atoms in total. The number of hydrogen-bond donors (Lipinski definition) is 2. The van der Waals surface area contributed by atoms with Gasteiger partial charge in [-0.2, -0.15) is 0 Å². The fourth-order valence-corrected chi connectivity index (χ4v) is 4.67. The SMILES string of the molecule is CN=C(NCC1CCN(CCc2ccccc2)C1)N1CCN(c2ccccc2O)CC1. The Morgan fingerprint density at radius 2 is 1.74 bits per heavy atom. The predicted octanol–water partition coefficient (Wildman–Crippen LogP) is 2.65. The lowest BCUT2D eigenvalue weighted by Crippen LogP contribution is -2.53. The van der Waals surface area contributed by atoms with E-state index in [9.17, 15) is 5.11 Å². The van der Waals surface area contributed by atoms with Gasteiger partial charge in [0.05, 0.1) is 5.69 Å². The monoisotopic (exact) mass is 421 g/mol. The summed E-state index contributed by atoms with van der Waals surface area (Å²) in [4.78, 5) is 11.7. The molecule has 1 unspecified atom stereocenters. The molecule has 0 saturated carbocycles. The fourth-order valence-electron chi connectivity index (χ4n) is 4.67. The normalized spacial score (nSPS) is 20.3. The summed E-state index contributed by atoms with van der Waals surface area (Å²) in [6, 6.07) is 18.4. The van der Waals surface area contributed by atoms with Gasteiger partial charge in [-0.05, 0) is 43.0 Å². The zero-order valence-electron chi connectivity index (χ0n) is 18.6. The molecule has 6 heteroatoms. The van der Waals surface area contributed by atoms with Crippen molar-refractivity contribution in [1.82, 2.24) is 15.1 Å². The number of nitrogens with one attached hydrogen (secondary N) is 1. The van der Waals surface area contributed by atoms with Crippen LogP contribution >= 0.6 is 0 Å². The molecule has 0 bridgehead atoms. The number of piperazine rings is 1. The van der Waals surface area contributed by atoms with E-state index < -0.39 is 0 Å². The number of phenolic OH excluding ortho intramolecular Hbond substituents is 1. The van der Waals surface area contributed by atoms with Crippen molar-refractivity contribution in [1.29, 1.82) is 0 Å². The lowest BCUT2D eigenvalue weighted by Gasteiger charge is -2.38. The highest BCUT2D eigenvalue weighted by Crippen LogP contribution is 2.27. The average Bonchev–Trinajstić information content (AvgIpc) is 3.27. The van der Waals surface area contributed by atoms with Crippen LogP contribution in [0, 0.1) is 5.92 Å². The minimum absolute atomic E-state index is 0.358. The van der Waals surface area contributed by atoms with Gasteiger partial charge < -0.3 is 25.1 Å². The first-order valence-electron chi connectivity index (χ1n) is 11.5. The maximum atomic E-state index is 10.1. The van der Waals surface area contributed by atoms with Crippen molar-refractivity contribution in [2.24, 2.45) is 10.9 Å². The Balaban J connectivity index is 1.19. The molecule has 0 radical (unpaired) electrons. The number of aliphatic imine (C=N–C) groups is 1. The summed E-state index contributed by atoms with van der Waals surface area (Å²) in [5, 5.41) is 13.7. The van der Waals surface area contributed by atoms with Crippen LogP contribution in [-0.4, -0.2) is 80.3 Å². The number of para-hydroxylation sites is 2. The zero-order chi connectivity index (χ0) is 21.5. The van der Waals surface area contributed by atoms with Crippen molar-refractivity contribution in [3.63, 3.8) is 0 Å². The summed E-state index contributed by atoms with van der Waals surface area (Å²) in [5.74, 6) is 2.03. The van der Waals surface area contributed by atoms with Crippen molar-refractivity contribution in [3.05, 3.63) is 60.2 Å². The average molecular weight is 422 g/mol. The molecule has 0 aromatic heterocycles. The van der Waals surface area contributed by atoms with E-state index in [2.05, 4.69) is 55.3 Å². The first-order chi connectivity index (χ1) is 15.2. The molecule has 2 aliphatic heterocycles. The molecule has 2 saturated heterocycles. The summed E-state index contributed by atoms with van der Waals surface area (Å²) in [6.45, 7) is 8.06. The molecular formula is C25H35N5O. The van der Waals surface area contributed by atoms with Crippen LogP contribution in [-0.2, 0) is 6.42 Å². The number of rotatable bonds is 6. The number of phenols is 1. The van der Waals surface area contributed by atoms with Crippen LogP contribution < -0.4 is 10.2 Å². The quantitative estimate of drug-likeness (QED) is 0.555. The third-order valence-electron chi connectivity index (χ3n) is 6.49. The Hall–Kier alpha value is -2.73. The van der Waals surface area contributed by atoms with Crippen molar-refractivity contribution in [3.8, 4) is 5.75 Å². The van der Waals surface area contributed by atoms with E-state index in [0.29, 0.717) is 11.7 Å². The van der Waals surface area contributed by atoms with Gasteiger partial charge in [-0.15, -0.1) is 0 Å². The van der Waals surface area contributed by atoms with E-state index >= 15 is 0 Å².